The first kappa shape index (κ1) is 28.9. The third kappa shape index (κ3) is 6.22. The van der Waals surface area contributed by atoms with Gasteiger partial charge in [-0.25, -0.2) is 0 Å². The molecule has 0 unspecified atom stereocenters. The summed E-state index contributed by atoms with van der Waals surface area (Å²) in [6.45, 7) is 4.00. The van der Waals surface area contributed by atoms with Gasteiger partial charge in [-0.2, -0.15) is 21.6 Å². The van der Waals surface area contributed by atoms with E-state index < -0.39 is 26.8 Å². The van der Waals surface area contributed by atoms with Gasteiger partial charge in [0, 0.05) is 18.2 Å². The molecule has 0 spiro atoms. The molecule has 10 heteroatoms. The summed E-state index contributed by atoms with van der Waals surface area (Å²) in [5, 5.41) is 1.74. The highest BCUT2D eigenvalue weighted by molar-refractivity contribution is 7.87. The first-order valence-corrected chi connectivity index (χ1v) is 13.9. The molecule has 0 bridgehead atoms. The van der Waals surface area contributed by atoms with Gasteiger partial charge >= 0.3 is 16.3 Å². The van der Waals surface area contributed by atoms with Crippen LogP contribution in [0.5, 0.6) is 11.5 Å². The minimum atomic E-state index is -4.72. The zero-order valence-electron chi connectivity index (χ0n) is 22.1. The van der Waals surface area contributed by atoms with Gasteiger partial charge in [0.05, 0.1) is 12.7 Å². The van der Waals surface area contributed by atoms with Crippen molar-refractivity contribution in [2.75, 3.05) is 7.11 Å². The van der Waals surface area contributed by atoms with Crippen LogP contribution >= 0.6 is 0 Å². The lowest BCUT2D eigenvalue weighted by Gasteiger charge is -2.29. The van der Waals surface area contributed by atoms with Crippen molar-refractivity contribution >= 4 is 26.8 Å². The average Bonchev–Trinajstić information content (AvgIpc) is 2.94. The Morgan fingerprint density at radius 3 is 2.33 bits per heavy atom. The average molecular weight is 572 g/mol. The Morgan fingerprint density at radius 2 is 1.62 bits per heavy atom. The maximum Gasteiger partial charge on any atom is 0.416 e. The molecule has 0 heterocycles. The Balaban J connectivity index is 1.67. The van der Waals surface area contributed by atoms with Crippen LogP contribution in [0.1, 0.15) is 41.8 Å². The second-order valence-corrected chi connectivity index (χ2v) is 10.8. The Morgan fingerprint density at radius 1 is 0.925 bits per heavy atom. The lowest BCUT2D eigenvalue weighted by Crippen LogP contribution is -2.37. The number of alkyl halides is 3. The number of hydrogen-bond donors (Lipinski definition) is 0. The van der Waals surface area contributed by atoms with E-state index in [0.717, 1.165) is 29.0 Å². The summed E-state index contributed by atoms with van der Waals surface area (Å²) in [6, 6.07) is 20.8. The van der Waals surface area contributed by atoms with Gasteiger partial charge < -0.3 is 13.8 Å². The van der Waals surface area contributed by atoms with E-state index in [1.807, 2.05) is 50.2 Å². The topological polar surface area (TPSA) is 72.9 Å². The lowest BCUT2D eigenvalue weighted by molar-refractivity contribution is -0.137. The quantitative estimate of drug-likeness (QED) is 0.201. The number of benzene rings is 4. The van der Waals surface area contributed by atoms with Crippen LogP contribution in [0.25, 0.3) is 10.8 Å². The van der Waals surface area contributed by atoms with Gasteiger partial charge in [-0.1, -0.05) is 55.5 Å². The normalized spacial score (nSPS) is 12.7. The Labute approximate surface area is 231 Å². The third-order valence-corrected chi connectivity index (χ3v) is 7.86. The van der Waals surface area contributed by atoms with Crippen molar-refractivity contribution in [1.82, 2.24) is 4.90 Å². The maximum atomic E-state index is 13.8. The molecule has 4 aromatic carbocycles. The molecular formula is C30H28F3NO5S. The Bertz CT molecular complexity index is 1630. The molecule has 6 nitrogen and oxygen atoms in total. The zero-order valence-corrected chi connectivity index (χ0v) is 22.9. The fourth-order valence-electron chi connectivity index (χ4n) is 4.29. The number of nitrogens with zero attached hydrogens (tertiary/aromatic N) is 1. The predicted molar refractivity (Wildman–Crippen MR) is 146 cm³/mol. The van der Waals surface area contributed by atoms with Crippen LogP contribution in [0.2, 0.25) is 0 Å². The minimum absolute atomic E-state index is 0.0646. The molecule has 0 aromatic heterocycles. The molecule has 0 saturated heterocycles. The van der Waals surface area contributed by atoms with Crippen LogP contribution in [0.15, 0.2) is 89.8 Å². The third-order valence-electron chi connectivity index (χ3n) is 6.63. The summed E-state index contributed by atoms with van der Waals surface area (Å²) < 4.78 is 75.9. The van der Waals surface area contributed by atoms with Crippen LogP contribution in [-0.2, 0) is 22.8 Å². The van der Waals surface area contributed by atoms with Crippen molar-refractivity contribution in [3.05, 3.63) is 102 Å². The number of fused-ring (bicyclic) bond motifs is 1. The molecule has 0 aliphatic heterocycles. The number of ether oxygens (including phenoxy) is 1. The highest BCUT2D eigenvalue weighted by Gasteiger charge is 2.32. The summed E-state index contributed by atoms with van der Waals surface area (Å²) in [7, 11) is -3.33. The molecule has 4 aromatic rings. The molecule has 0 N–H and O–H groups in total. The van der Waals surface area contributed by atoms with E-state index in [2.05, 4.69) is 0 Å². The van der Waals surface area contributed by atoms with Crippen molar-refractivity contribution in [2.45, 2.75) is 43.9 Å². The van der Waals surface area contributed by atoms with E-state index in [9.17, 15) is 26.4 Å². The molecule has 0 saturated carbocycles. The van der Waals surface area contributed by atoms with Gasteiger partial charge in [-0.05, 0) is 66.1 Å². The molecule has 40 heavy (non-hydrogen) atoms. The number of methoxy groups -OCH3 is 1. The Hall–Kier alpha value is -4.05. The van der Waals surface area contributed by atoms with Crippen LogP contribution in [-0.4, -0.2) is 32.4 Å². The van der Waals surface area contributed by atoms with E-state index in [-0.39, 0.29) is 30.0 Å². The largest absolute Gasteiger partial charge is 0.493 e. The summed E-state index contributed by atoms with van der Waals surface area (Å²) in [5.41, 5.74) is -0.0338. The minimum Gasteiger partial charge on any atom is -0.493 e. The molecule has 0 fully saturated rings. The van der Waals surface area contributed by atoms with Gasteiger partial charge in [0.1, 0.15) is 4.90 Å². The lowest BCUT2D eigenvalue weighted by atomic mass is 10.0. The molecule has 1 amide bonds. The van der Waals surface area contributed by atoms with E-state index in [1.54, 1.807) is 17.0 Å². The fraction of sp³-hybridized carbons (Fsp3) is 0.233. The zero-order chi connectivity index (χ0) is 29.1. The standard InChI is InChI=1S/C30H28F3NO5S/c1-4-20(2)34(29(35)26-14-7-10-22-9-5-6-13-25(22)26)19-21-15-16-27(38-3)28(17-21)39-40(36,37)24-12-8-11-23(18-24)30(31,32)33/h5-18,20H,4,19H2,1-3H3/t20-/m1/s1. The van der Waals surface area contributed by atoms with Crippen LogP contribution < -0.4 is 8.92 Å². The smallest absolute Gasteiger partial charge is 0.416 e. The van der Waals surface area contributed by atoms with Crippen molar-refractivity contribution < 1.29 is 35.3 Å². The van der Waals surface area contributed by atoms with Crippen LogP contribution in [0, 0.1) is 0 Å². The summed E-state index contributed by atoms with van der Waals surface area (Å²) in [5.74, 6) is -0.338. The van der Waals surface area contributed by atoms with Crippen molar-refractivity contribution in [1.29, 1.82) is 0 Å². The number of carbonyl (C=O) groups excluding carboxylic acids is 1. The van der Waals surface area contributed by atoms with Gasteiger partial charge in [-0.3, -0.25) is 4.79 Å². The molecule has 210 valence electrons. The van der Waals surface area contributed by atoms with Crippen molar-refractivity contribution in [2.24, 2.45) is 0 Å². The highest BCUT2D eigenvalue weighted by Crippen LogP contribution is 2.34. The first-order chi connectivity index (χ1) is 18.9. The van der Waals surface area contributed by atoms with E-state index >= 15 is 0 Å². The molecule has 0 aliphatic rings. The number of amides is 1. The second-order valence-electron chi connectivity index (χ2n) is 9.27. The molecule has 1 atom stereocenters. The van der Waals surface area contributed by atoms with Gasteiger partial charge in [0.2, 0.25) is 0 Å². The first-order valence-electron chi connectivity index (χ1n) is 12.5. The highest BCUT2D eigenvalue weighted by atomic mass is 32.2. The summed E-state index contributed by atoms with van der Waals surface area (Å²) >= 11 is 0. The molecule has 4 rings (SSSR count). The molecular weight excluding hydrogens is 543 g/mol. The van der Waals surface area contributed by atoms with Gasteiger partial charge in [0.15, 0.2) is 11.5 Å². The van der Waals surface area contributed by atoms with Crippen LogP contribution in [0.3, 0.4) is 0 Å². The summed E-state index contributed by atoms with van der Waals surface area (Å²) in [4.78, 5) is 14.8. The van der Waals surface area contributed by atoms with Gasteiger partial charge in [-0.15, -0.1) is 0 Å². The SMILES string of the molecule is CC[C@@H](C)N(Cc1ccc(OC)c(OS(=O)(=O)c2cccc(C(F)(F)F)c2)c1)C(=O)c1cccc2ccccc12. The van der Waals surface area contributed by atoms with E-state index in [4.69, 9.17) is 8.92 Å². The second kappa shape index (κ2) is 11.6. The van der Waals surface area contributed by atoms with Gasteiger partial charge in [0.25, 0.3) is 5.91 Å². The van der Waals surface area contributed by atoms with Crippen LogP contribution in [0.4, 0.5) is 13.2 Å². The fourth-order valence-corrected chi connectivity index (χ4v) is 5.27. The van der Waals surface area contributed by atoms with E-state index in [1.165, 1.54) is 19.2 Å². The predicted octanol–water partition coefficient (Wildman–Crippen LogP) is 7.08. The number of carbonyl (C=O) groups is 1. The molecule has 0 aliphatic carbocycles. The van der Waals surface area contributed by atoms with Crippen molar-refractivity contribution in [3.8, 4) is 11.5 Å². The monoisotopic (exact) mass is 571 g/mol. The van der Waals surface area contributed by atoms with E-state index in [0.29, 0.717) is 23.6 Å². The number of halogens is 3. The number of rotatable bonds is 9. The Kier molecular flexibility index (Phi) is 8.39. The maximum absolute atomic E-state index is 13.8. The van der Waals surface area contributed by atoms with Crippen molar-refractivity contribution in [3.63, 3.8) is 0 Å². The summed E-state index contributed by atoms with van der Waals surface area (Å²) in [6.07, 6.45) is -4.06. The molecule has 0 radical (unpaired) electrons. The number of hydrogen-bond acceptors (Lipinski definition) is 5.